The van der Waals surface area contributed by atoms with E-state index in [0.717, 1.165) is 0 Å². The van der Waals surface area contributed by atoms with E-state index in [0.29, 0.717) is 23.1 Å². The van der Waals surface area contributed by atoms with Crippen LogP contribution in [-0.2, 0) is 42.8 Å². The Morgan fingerprint density at radius 2 is 1.69 bits per heavy atom. The molecule has 52 heavy (non-hydrogen) atoms. The summed E-state index contributed by atoms with van der Waals surface area (Å²) in [6.07, 6.45) is -3.77. The predicted molar refractivity (Wildman–Crippen MR) is 190 cm³/mol. The molecule has 0 aromatic heterocycles. The molecule has 1 heterocycles. The third-order valence-electron chi connectivity index (χ3n) is 12.6. The van der Waals surface area contributed by atoms with Crippen molar-refractivity contribution in [3.63, 3.8) is 0 Å². The molecule has 12 heteroatoms. The Labute approximate surface area is 307 Å². The molecule has 3 fully saturated rings. The number of hydrogen-bond donors (Lipinski definition) is 2. The van der Waals surface area contributed by atoms with E-state index < -0.39 is 93.9 Å². The molecule has 3 aliphatic carbocycles. The molecule has 288 valence electrons. The molecule has 4 aliphatic rings. The number of ether oxygens (including phenoxy) is 6. The van der Waals surface area contributed by atoms with Crippen molar-refractivity contribution in [3.8, 4) is 0 Å². The van der Waals surface area contributed by atoms with Gasteiger partial charge in [0.25, 0.3) is 0 Å². The van der Waals surface area contributed by atoms with E-state index in [4.69, 9.17) is 28.4 Å². The highest BCUT2D eigenvalue weighted by Gasteiger charge is 2.75. The summed E-state index contributed by atoms with van der Waals surface area (Å²) in [6, 6.07) is 7.92. The summed E-state index contributed by atoms with van der Waals surface area (Å²) in [6.45, 7) is 17.9. The van der Waals surface area contributed by atoms with Gasteiger partial charge in [0.05, 0.1) is 29.8 Å². The number of methoxy groups -OCH3 is 2. The van der Waals surface area contributed by atoms with Crippen LogP contribution in [0.5, 0.6) is 0 Å². The number of Topliss-reactive ketones (excluding diaryl/α,β-unsaturated/α-hetero) is 1. The van der Waals surface area contributed by atoms with Crippen LogP contribution in [0.25, 0.3) is 0 Å². The lowest BCUT2D eigenvalue weighted by molar-refractivity contribution is -0.339. The number of fused-ring (bicyclic) bond motifs is 5. The van der Waals surface area contributed by atoms with E-state index in [9.17, 15) is 19.5 Å². The fraction of sp³-hybridized carbons (Fsp3) is 0.700. The topological polar surface area (TPSA) is 156 Å². The van der Waals surface area contributed by atoms with Crippen LogP contribution in [0.4, 0.5) is 4.79 Å². The maximum absolute atomic E-state index is 15.1. The average Bonchev–Trinajstić information content (AvgIpc) is 3.04. The number of alkyl carbamates (subject to hydrolysis) is 1. The Bertz CT molecular complexity index is 1600. The number of ketones is 1. The molecule has 12 nitrogen and oxygen atoms in total. The van der Waals surface area contributed by atoms with Gasteiger partial charge in [-0.05, 0) is 57.2 Å². The Morgan fingerprint density at radius 3 is 2.21 bits per heavy atom. The fourth-order valence-corrected chi connectivity index (χ4v) is 10.3. The van der Waals surface area contributed by atoms with Crippen molar-refractivity contribution in [1.29, 1.82) is 0 Å². The van der Waals surface area contributed by atoms with Crippen LogP contribution in [0.15, 0.2) is 41.5 Å². The van der Waals surface area contributed by atoms with E-state index in [1.807, 2.05) is 47.6 Å². The Kier molecular flexibility index (Phi) is 10.6. The van der Waals surface area contributed by atoms with Gasteiger partial charge in [0.2, 0.25) is 0 Å². The zero-order valence-electron chi connectivity index (χ0n) is 32.7. The van der Waals surface area contributed by atoms with Gasteiger partial charge in [-0.1, -0.05) is 58.0 Å². The highest BCUT2D eigenvalue weighted by atomic mass is 16.6. The second-order valence-electron chi connectivity index (χ2n) is 16.9. The SMILES string of the molecule is CO[C@H]1CC2OC[C@@]2(OC(C)=O)[C@H]2[C@H](C)[C@]3(O)C[C@H](OC(=O)[C@H](OC)[C@@H](NC(=O)OC(C)(C)C)c4ccccc4)C(C)=C([C@@H](C)C(=O)[C@]12C)C3(C)C. The third-order valence-corrected chi connectivity index (χ3v) is 12.6. The van der Waals surface area contributed by atoms with Crippen LogP contribution in [-0.4, -0.2) is 91.0 Å². The quantitative estimate of drug-likeness (QED) is 0.205. The van der Waals surface area contributed by atoms with Gasteiger partial charge in [-0.25, -0.2) is 9.59 Å². The van der Waals surface area contributed by atoms with E-state index >= 15 is 4.79 Å². The Balaban J connectivity index is 1.59. The van der Waals surface area contributed by atoms with Crippen molar-refractivity contribution in [3.05, 3.63) is 47.0 Å². The molecule has 1 aromatic rings. The van der Waals surface area contributed by atoms with Gasteiger partial charge in [-0.15, -0.1) is 0 Å². The molecule has 11 atom stereocenters. The molecule has 5 rings (SSSR count). The van der Waals surface area contributed by atoms with Crippen LogP contribution in [0.2, 0.25) is 0 Å². The lowest BCUT2D eigenvalue weighted by Crippen LogP contribution is -2.79. The van der Waals surface area contributed by atoms with Crippen molar-refractivity contribution in [2.24, 2.45) is 28.6 Å². The summed E-state index contributed by atoms with van der Waals surface area (Å²) in [5.41, 5.74) is -3.75. The minimum absolute atomic E-state index is 0.0129. The first-order valence-electron chi connectivity index (χ1n) is 18.2. The van der Waals surface area contributed by atoms with Gasteiger partial charge >= 0.3 is 18.0 Å². The first-order chi connectivity index (χ1) is 24.1. The second kappa shape index (κ2) is 13.8. The minimum atomic E-state index is -1.58. The van der Waals surface area contributed by atoms with Crippen molar-refractivity contribution in [2.45, 2.75) is 129 Å². The van der Waals surface area contributed by atoms with E-state index in [2.05, 4.69) is 5.32 Å². The summed E-state index contributed by atoms with van der Waals surface area (Å²) in [5.74, 6) is -3.49. The van der Waals surface area contributed by atoms with E-state index in [-0.39, 0.29) is 18.8 Å². The van der Waals surface area contributed by atoms with Crippen molar-refractivity contribution in [2.75, 3.05) is 20.8 Å². The molecule has 0 radical (unpaired) electrons. The number of aliphatic hydroxyl groups is 1. The van der Waals surface area contributed by atoms with Gasteiger partial charge in [-0.2, -0.15) is 0 Å². The second-order valence-corrected chi connectivity index (χ2v) is 16.9. The van der Waals surface area contributed by atoms with Crippen LogP contribution < -0.4 is 5.32 Å². The van der Waals surface area contributed by atoms with Crippen LogP contribution in [0, 0.1) is 28.6 Å². The normalized spacial score (nSPS) is 36.4. The van der Waals surface area contributed by atoms with Gasteiger partial charge in [0.1, 0.15) is 23.6 Å². The number of rotatable bonds is 8. The highest BCUT2D eigenvalue weighted by Crippen LogP contribution is 2.66. The number of hydrogen-bond acceptors (Lipinski definition) is 11. The zero-order valence-corrected chi connectivity index (χ0v) is 32.7. The Morgan fingerprint density at radius 1 is 1.06 bits per heavy atom. The number of carbonyl (C=O) groups excluding carboxylic acids is 4. The molecule has 2 bridgehead atoms. The standard InChI is InChI=1S/C40H57NO11/c1-21-26(50-34(44)31(48-12)30(25-16-14-13-15-17-25)41-35(45)52-36(5,6)7)19-40(46)23(3)32-38(10,33(43)22(2)29(21)37(40,8)9)27(47-11)18-28-39(32,20-49-28)51-24(4)42/h13-17,22-23,26-28,30-32,46H,18-20H2,1-12H3,(H,41,45)/t22-,23+,26+,27+,28?,30+,31-,32+,38-,39+,40-/m1/s1. The van der Waals surface area contributed by atoms with Crippen molar-refractivity contribution < 1.29 is 52.7 Å². The summed E-state index contributed by atoms with van der Waals surface area (Å²) < 4.78 is 35.7. The molecular formula is C40H57NO11. The third kappa shape index (κ3) is 6.27. The van der Waals surface area contributed by atoms with E-state index in [1.54, 1.807) is 52.1 Å². The summed E-state index contributed by atoms with van der Waals surface area (Å²) in [4.78, 5) is 55.1. The molecule has 2 saturated carbocycles. The molecule has 1 saturated heterocycles. The Hall–Kier alpha value is -3.32. The number of benzene rings is 1. The number of nitrogens with one attached hydrogen (secondary N) is 1. The number of esters is 2. The molecule has 1 amide bonds. The summed E-state index contributed by atoms with van der Waals surface area (Å²) in [5, 5.41) is 16.0. The van der Waals surface area contributed by atoms with Crippen molar-refractivity contribution in [1.82, 2.24) is 5.32 Å². The van der Waals surface area contributed by atoms with Crippen LogP contribution in [0.1, 0.15) is 93.7 Å². The fourth-order valence-electron chi connectivity index (χ4n) is 10.3. The minimum Gasteiger partial charge on any atom is -0.456 e. The molecule has 1 unspecified atom stereocenters. The highest BCUT2D eigenvalue weighted by molar-refractivity contribution is 5.91. The molecule has 0 spiro atoms. The molecule has 2 N–H and O–H groups in total. The first kappa shape index (κ1) is 39.9. The molecule has 1 aromatic carbocycles. The molecular weight excluding hydrogens is 670 g/mol. The summed E-state index contributed by atoms with van der Waals surface area (Å²) >= 11 is 0. The first-order valence-corrected chi connectivity index (χ1v) is 18.2. The van der Waals surface area contributed by atoms with Crippen LogP contribution in [0.3, 0.4) is 0 Å². The van der Waals surface area contributed by atoms with E-state index in [1.165, 1.54) is 14.0 Å². The van der Waals surface area contributed by atoms with Gasteiger partial charge < -0.3 is 38.8 Å². The van der Waals surface area contributed by atoms with Gasteiger partial charge in [0.15, 0.2) is 11.7 Å². The number of amides is 1. The van der Waals surface area contributed by atoms with Crippen LogP contribution >= 0.6 is 0 Å². The predicted octanol–water partition coefficient (Wildman–Crippen LogP) is 5.25. The average molecular weight is 728 g/mol. The lowest BCUT2D eigenvalue weighted by Gasteiger charge is -2.68. The maximum atomic E-state index is 15.1. The van der Waals surface area contributed by atoms with Gasteiger partial charge in [-0.3, -0.25) is 9.59 Å². The maximum Gasteiger partial charge on any atom is 0.408 e. The molecule has 1 aliphatic heterocycles. The monoisotopic (exact) mass is 727 g/mol. The lowest BCUT2D eigenvalue weighted by atomic mass is 9.42. The number of carbonyl (C=O) groups is 4. The largest absolute Gasteiger partial charge is 0.456 e. The van der Waals surface area contributed by atoms with Crippen molar-refractivity contribution >= 4 is 23.8 Å². The van der Waals surface area contributed by atoms with Gasteiger partial charge in [0, 0.05) is 51.2 Å². The smallest absolute Gasteiger partial charge is 0.408 e. The zero-order chi connectivity index (χ0) is 38.8. The summed E-state index contributed by atoms with van der Waals surface area (Å²) in [7, 11) is 2.92.